The van der Waals surface area contributed by atoms with Crippen LogP contribution in [0, 0.1) is 18.3 Å². The minimum atomic E-state index is 0.277. The zero-order chi connectivity index (χ0) is 15.9. The highest BCUT2D eigenvalue weighted by Crippen LogP contribution is 2.22. The van der Waals surface area contributed by atoms with Gasteiger partial charge in [0.05, 0.1) is 5.69 Å². The number of hydrogen-bond acceptors (Lipinski definition) is 5. The van der Waals surface area contributed by atoms with Gasteiger partial charge in [-0.15, -0.1) is 0 Å². The van der Waals surface area contributed by atoms with Gasteiger partial charge in [0.2, 0.25) is 0 Å². The Morgan fingerprint density at radius 1 is 1.32 bits per heavy atom. The molecule has 2 rings (SSSR count). The van der Waals surface area contributed by atoms with E-state index in [-0.39, 0.29) is 5.82 Å². The lowest BCUT2D eigenvalue weighted by atomic mass is 10.0. The number of unbranched alkanes of at least 4 members (excludes halogenated alkanes) is 1. The Balaban J connectivity index is 2.29. The highest BCUT2D eigenvalue weighted by molar-refractivity contribution is 7.99. The van der Waals surface area contributed by atoms with E-state index in [4.69, 9.17) is 5.73 Å². The summed E-state index contributed by atoms with van der Waals surface area (Å²) in [6.07, 6.45) is 2.84. The number of nitrogens with two attached hydrogens (primary N) is 1. The minimum absolute atomic E-state index is 0.277. The normalized spacial score (nSPS) is 10.4. The van der Waals surface area contributed by atoms with Crippen molar-refractivity contribution in [2.24, 2.45) is 0 Å². The Morgan fingerprint density at radius 2 is 2.14 bits per heavy atom. The lowest BCUT2D eigenvalue weighted by Gasteiger charge is -2.09. The number of nitrogen functional groups attached to an aromatic ring is 1. The van der Waals surface area contributed by atoms with Gasteiger partial charge in [0, 0.05) is 12.2 Å². The Bertz CT molecular complexity index is 692. The molecule has 1 aromatic carbocycles. The Kier molecular flexibility index (Phi) is 5.79. The molecule has 0 aliphatic carbocycles. The van der Waals surface area contributed by atoms with E-state index in [1.54, 1.807) is 11.8 Å². The summed E-state index contributed by atoms with van der Waals surface area (Å²) < 4.78 is 0. The van der Waals surface area contributed by atoms with Crippen LogP contribution in [0.3, 0.4) is 0 Å². The van der Waals surface area contributed by atoms with Crippen LogP contribution < -0.4 is 5.73 Å². The fourth-order valence-electron chi connectivity index (χ4n) is 2.14. The number of aromatic nitrogens is 2. The van der Waals surface area contributed by atoms with E-state index in [2.05, 4.69) is 42.0 Å². The topological polar surface area (TPSA) is 75.6 Å². The van der Waals surface area contributed by atoms with Crippen LogP contribution >= 0.6 is 11.8 Å². The maximum Gasteiger partial charge on any atom is 0.189 e. The van der Waals surface area contributed by atoms with Gasteiger partial charge in [-0.05, 0) is 18.9 Å². The van der Waals surface area contributed by atoms with Crippen molar-refractivity contribution in [3.8, 4) is 6.07 Å². The van der Waals surface area contributed by atoms with Crippen LogP contribution in [0.25, 0.3) is 0 Å². The van der Waals surface area contributed by atoms with Gasteiger partial charge in [0.1, 0.15) is 17.5 Å². The predicted molar refractivity (Wildman–Crippen MR) is 90.8 cm³/mol. The molecule has 5 heteroatoms. The monoisotopic (exact) mass is 312 g/mol. The van der Waals surface area contributed by atoms with Crippen LogP contribution in [-0.2, 0) is 6.42 Å². The fourth-order valence-corrected chi connectivity index (χ4v) is 3.09. The molecule has 1 aromatic heterocycles. The number of nitrogens with zero attached hydrogens (tertiary/aromatic N) is 3. The van der Waals surface area contributed by atoms with Crippen LogP contribution in [0.15, 0.2) is 29.4 Å². The maximum atomic E-state index is 9.32. The number of hydrogen-bond donors (Lipinski definition) is 1. The lowest BCUT2D eigenvalue weighted by Crippen LogP contribution is -2.06. The van der Waals surface area contributed by atoms with Gasteiger partial charge in [-0.25, -0.2) is 9.97 Å². The number of thioether (sulfide) groups is 1. The smallest absolute Gasteiger partial charge is 0.189 e. The van der Waals surface area contributed by atoms with Gasteiger partial charge in [-0.2, -0.15) is 5.26 Å². The van der Waals surface area contributed by atoms with Gasteiger partial charge < -0.3 is 5.73 Å². The summed E-state index contributed by atoms with van der Waals surface area (Å²) in [6, 6.07) is 10.3. The average Bonchev–Trinajstić information content (AvgIpc) is 2.47. The highest BCUT2D eigenvalue weighted by atomic mass is 32.2. The zero-order valence-corrected chi connectivity index (χ0v) is 13.8. The first kappa shape index (κ1) is 16.3. The van der Waals surface area contributed by atoms with Crippen molar-refractivity contribution in [1.29, 1.82) is 5.26 Å². The van der Waals surface area contributed by atoms with Gasteiger partial charge in [0.15, 0.2) is 5.16 Å². The molecule has 0 bridgehead atoms. The summed E-state index contributed by atoms with van der Waals surface area (Å²) in [5.74, 6) is 1.24. The first-order valence-corrected chi connectivity index (χ1v) is 8.37. The van der Waals surface area contributed by atoms with Crippen molar-refractivity contribution < 1.29 is 0 Å². The third kappa shape index (κ3) is 4.22. The van der Waals surface area contributed by atoms with E-state index in [1.807, 2.05) is 12.1 Å². The Labute approximate surface area is 135 Å². The quantitative estimate of drug-likeness (QED) is 0.500. The molecule has 0 saturated carbocycles. The fraction of sp³-hybridized carbons (Fsp3) is 0.353. The third-order valence-corrected chi connectivity index (χ3v) is 4.22. The Hall–Kier alpha value is -2.06. The van der Waals surface area contributed by atoms with Crippen molar-refractivity contribution in [2.75, 3.05) is 11.5 Å². The molecule has 2 N–H and O–H groups in total. The standard InChI is InChI=1S/C17H20N4S/c1-3-4-8-22-17-20-15(14(11-18)16(19)21-17)10-13-7-5-6-12(2)9-13/h5-7,9H,3-4,8,10H2,1-2H3,(H2,19,20,21). The molecule has 0 aliphatic rings. The Morgan fingerprint density at radius 3 is 2.82 bits per heavy atom. The summed E-state index contributed by atoms with van der Waals surface area (Å²) >= 11 is 1.59. The number of aryl methyl sites for hydroxylation is 1. The molecule has 22 heavy (non-hydrogen) atoms. The second-order valence-electron chi connectivity index (χ2n) is 5.19. The largest absolute Gasteiger partial charge is 0.382 e. The molecule has 0 fully saturated rings. The molecule has 2 aromatic rings. The summed E-state index contributed by atoms with van der Waals surface area (Å²) in [5.41, 5.74) is 9.35. The number of anilines is 1. The van der Waals surface area contributed by atoms with Gasteiger partial charge >= 0.3 is 0 Å². The summed E-state index contributed by atoms with van der Waals surface area (Å²) in [7, 11) is 0. The molecule has 0 amide bonds. The lowest BCUT2D eigenvalue weighted by molar-refractivity contribution is 0.876. The van der Waals surface area contributed by atoms with E-state index < -0.39 is 0 Å². The van der Waals surface area contributed by atoms with Gasteiger partial charge in [-0.3, -0.25) is 0 Å². The van der Waals surface area contributed by atoms with E-state index in [0.717, 1.165) is 24.2 Å². The van der Waals surface area contributed by atoms with Crippen LogP contribution in [0.4, 0.5) is 5.82 Å². The molecule has 0 aliphatic heterocycles. The van der Waals surface area contributed by atoms with Crippen LogP contribution in [-0.4, -0.2) is 15.7 Å². The SMILES string of the molecule is CCCCSc1nc(N)c(C#N)c(Cc2cccc(C)c2)n1. The van der Waals surface area contributed by atoms with Gasteiger partial charge in [-0.1, -0.05) is 54.9 Å². The molecular weight excluding hydrogens is 292 g/mol. The van der Waals surface area contributed by atoms with Crippen molar-refractivity contribution in [3.63, 3.8) is 0 Å². The number of rotatable bonds is 6. The molecule has 0 saturated heterocycles. The third-order valence-electron chi connectivity index (χ3n) is 3.29. The van der Waals surface area contributed by atoms with E-state index in [1.165, 1.54) is 5.56 Å². The van der Waals surface area contributed by atoms with Gasteiger partial charge in [0.25, 0.3) is 0 Å². The average molecular weight is 312 g/mol. The molecule has 0 atom stereocenters. The molecule has 114 valence electrons. The first-order valence-electron chi connectivity index (χ1n) is 7.39. The minimum Gasteiger partial charge on any atom is -0.382 e. The molecular formula is C17H20N4S. The predicted octanol–water partition coefficient (Wildman–Crippen LogP) is 3.72. The maximum absolute atomic E-state index is 9.32. The van der Waals surface area contributed by atoms with E-state index in [0.29, 0.717) is 22.8 Å². The number of nitriles is 1. The van der Waals surface area contributed by atoms with Crippen LogP contribution in [0.5, 0.6) is 0 Å². The van der Waals surface area contributed by atoms with Crippen LogP contribution in [0.1, 0.15) is 42.1 Å². The van der Waals surface area contributed by atoms with Crippen LogP contribution in [0.2, 0.25) is 0 Å². The molecule has 0 radical (unpaired) electrons. The summed E-state index contributed by atoms with van der Waals surface area (Å²) in [5, 5.41) is 9.98. The summed E-state index contributed by atoms with van der Waals surface area (Å²) in [6.45, 7) is 4.20. The second-order valence-corrected chi connectivity index (χ2v) is 6.25. The zero-order valence-electron chi connectivity index (χ0n) is 13.0. The summed E-state index contributed by atoms with van der Waals surface area (Å²) in [4.78, 5) is 8.79. The first-order chi connectivity index (χ1) is 10.6. The van der Waals surface area contributed by atoms with E-state index >= 15 is 0 Å². The molecule has 1 heterocycles. The molecule has 4 nitrogen and oxygen atoms in total. The highest BCUT2D eigenvalue weighted by Gasteiger charge is 2.13. The van der Waals surface area contributed by atoms with E-state index in [9.17, 15) is 5.26 Å². The van der Waals surface area contributed by atoms with Crippen molar-refractivity contribution in [2.45, 2.75) is 38.3 Å². The second kappa shape index (κ2) is 7.81. The number of benzene rings is 1. The van der Waals surface area contributed by atoms with Crippen molar-refractivity contribution in [3.05, 3.63) is 46.6 Å². The van der Waals surface area contributed by atoms with Crippen molar-refractivity contribution >= 4 is 17.6 Å². The van der Waals surface area contributed by atoms with Crippen molar-refractivity contribution in [1.82, 2.24) is 9.97 Å². The molecule has 0 spiro atoms. The molecule has 0 unspecified atom stereocenters.